The van der Waals surface area contributed by atoms with Crippen molar-refractivity contribution in [1.29, 1.82) is 0 Å². The van der Waals surface area contributed by atoms with Crippen LogP contribution in [0, 0.1) is 0 Å². The minimum atomic E-state index is -3.70. The predicted molar refractivity (Wildman–Crippen MR) is 106 cm³/mol. The Kier molecular flexibility index (Phi) is 6.77. The van der Waals surface area contributed by atoms with Crippen LogP contribution < -0.4 is 10.9 Å². The number of nitrogens with one attached hydrogen (secondary N) is 1. The summed E-state index contributed by atoms with van der Waals surface area (Å²) in [6.07, 6.45) is 4.14. The second kappa shape index (κ2) is 8.95. The Balaban J connectivity index is 1.64. The molecule has 0 atom stereocenters. The van der Waals surface area contributed by atoms with Gasteiger partial charge in [0.1, 0.15) is 6.54 Å². The molecule has 0 radical (unpaired) electrons. The average molecular weight is 428 g/mol. The van der Waals surface area contributed by atoms with E-state index in [0.717, 1.165) is 30.3 Å². The molecule has 2 aliphatic rings. The second-order valence-corrected chi connectivity index (χ2v) is 9.31. The molecule has 3 rings (SSSR count). The van der Waals surface area contributed by atoms with Crippen LogP contribution in [-0.2, 0) is 30.8 Å². The Morgan fingerprint density at radius 2 is 1.83 bits per heavy atom. The van der Waals surface area contributed by atoms with Gasteiger partial charge in [-0.3, -0.25) is 9.59 Å². The molecular formula is C19H29N3O6S. The molecule has 1 aliphatic heterocycles. The highest BCUT2D eigenvalue weighted by atomic mass is 32.2. The van der Waals surface area contributed by atoms with Crippen molar-refractivity contribution < 1.29 is 22.7 Å². The summed E-state index contributed by atoms with van der Waals surface area (Å²) in [5.41, 5.74) is -0.422. The summed E-state index contributed by atoms with van der Waals surface area (Å²) < 4.78 is 39.2. The lowest BCUT2D eigenvalue weighted by atomic mass is 9.90. The van der Waals surface area contributed by atoms with Gasteiger partial charge in [-0.25, -0.2) is 8.42 Å². The van der Waals surface area contributed by atoms with Crippen LogP contribution in [0.5, 0.6) is 0 Å². The molecule has 1 N–H and O–H groups in total. The number of rotatable bonds is 7. The summed E-state index contributed by atoms with van der Waals surface area (Å²) in [6.45, 7) is 5.14. The molecule has 1 aromatic rings. The van der Waals surface area contributed by atoms with Crippen molar-refractivity contribution in [3.63, 3.8) is 0 Å². The number of hydrogen-bond acceptors (Lipinski definition) is 6. The van der Waals surface area contributed by atoms with Crippen LogP contribution in [0.4, 0.5) is 0 Å². The Morgan fingerprint density at radius 3 is 2.41 bits per heavy atom. The lowest BCUT2D eigenvalue weighted by molar-refractivity contribution is -0.180. The van der Waals surface area contributed by atoms with Crippen LogP contribution >= 0.6 is 0 Å². The highest BCUT2D eigenvalue weighted by Gasteiger charge is 2.40. The second-order valence-electron chi connectivity index (χ2n) is 7.37. The molecule has 1 aromatic heterocycles. The molecular weight excluding hydrogens is 398 g/mol. The maximum Gasteiger partial charge on any atom is 0.251 e. The molecule has 162 valence electrons. The van der Waals surface area contributed by atoms with E-state index in [1.165, 1.54) is 22.6 Å². The minimum absolute atomic E-state index is 0.00346. The highest BCUT2D eigenvalue weighted by molar-refractivity contribution is 7.89. The van der Waals surface area contributed by atoms with Crippen molar-refractivity contribution in [1.82, 2.24) is 14.2 Å². The topological polar surface area (TPSA) is 107 Å². The van der Waals surface area contributed by atoms with E-state index in [2.05, 4.69) is 5.32 Å². The molecule has 2 fully saturated rings. The monoisotopic (exact) mass is 427 g/mol. The number of sulfonamides is 1. The Labute approximate surface area is 171 Å². The standard InChI is InChI=1S/C19H29N3O6S/c1-3-22(4-2)29(25,26)16-5-6-18(24)21(13-16)14-17(23)20-15-7-9-19(10-8-15)27-11-12-28-19/h5-6,13,15H,3-4,7-12,14H2,1-2H3,(H,20,23). The number of hydrogen-bond donors (Lipinski definition) is 1. The molecule has 10 heteroatoms. The van der Waals surface area contributed by atoms with Crippen LogP contribution in [-0.4, -0.2) is 61.3 Å². The number of nitrogens with zero attached hydrogens (tertiary/aromatic N) is 2. The van der Waals surface area contributed by atoms with Gasteiger partial charge in [0.2, 0.25) is 15.9 Å². The summed E-state index contributed by atoms with van der Waals surface area (Å²) in [7, 11) is -3.70. The van der Waals surface area contributed by atoms with Gasteiger partial charge < -0.3 is 19.4 Å². The number of carbonyl (C=O) groups excluding carboxylic acids is 1. The van der Waals surface area contributed by atoms with Crippen molar-refractivity contribution in [2.45, 2.75) is 62.8 Å². The lowest BCUT2D eigenvalue weighted by Crippen LogP contribution is -2.45. The van der Waals surface area contributed by atoms with Crippen molar-refractivity contribution in [2.75, 3.05) is 26.3 Å². The normalized spacial score (nSPS) is 19.7. The zero-order valence-electron chi connectivity index (χ0n) is 16.9. The van der Waals surface area contributed by atoms with Crippen LogP contribution in [0.15, 0.2) is 28.0 Å². The lowest BCUT2D eigenvalue weighted by Gasteiger charge is -2.35. The summed E-state index contributed by atoms with van der Waals surface area (Å²) >= 11 is 0. The quantitative estimate of drug-likeness (QED) is 0.686. The van der Waals surface area contributed by atoms with Gasteiger partial charge >= 0.3 is 0 Å². The summed E-state index contributed by atoms with van der Waals surface area (Å²) in [4.78, 5) is 24.6. The van der Waals surface area contributed by atoms with E-state index < -0.39 is 21.4 Å². The van der Waals surface area contributed by atoms with Crippen molar-refractivity contribution in [3.8, 4) is 0 Å². The SMILES string of the molecule is CCN(CC)S(=O)(=O)c1ccc(=O)n(CC(=O)NC2CCC3(CC2)OCCO3)c1. The molecule has 0 bridgehead atoms. The van der Waals surface area contributed by atoms with Gasteiger partial charge in [-0.15, -0.1) is 0 Å². The molecule has 0 aromatic carbocycles. The fourth-order valence-electron chi connectivity index (χ4n) is 3.91. The van der Waals surface area contributed by atoms with E-state index in [0.29, 0.717) is 26.3 Å². The smallest absolute Gasteiger partial charge is 0.251 e. The summed E-state index contributed by atoms with van der Waals surface area (Å²) in [6, 6.07) is 2.45. The number of aromatic nitrogens is 1. The maximum absolute atomic E-state index is 12.7. The average Bonchev–Trinajstić information content (AvgIpc) is 3.14. The largest absolute Gasteiger partial charge is 0.352 e. The van der Waals surface area contributed by atoms with E-state index in [1.54, 1.807) is 13.8 Å². The number of carbonyl (C=O) groups is 1. The first kappa shape index (κ1) is 21.9. The first-order chi connectivity index (χ1) is 13.8. The zero-order chi connectivity index (χ0) is 21.1. The molecule has 29 heavy (non-hydrogen) atoms. The van der Waals surface area contributed by atoms with Gasteiger partial charge in [-0.1, -0.05) is 13.8 Å². The van der Waals surface area contributed by atoms with Crippen LogP contribution in [0.1, 0.15) is 39.5 Å². The third kappa shape index (κ3) is 4.88. The van der Waals surface area contributed by atoms with Gasteiger partial charge in [0.25, 0.3) is 5.56 Å². The van der Waals surface area contributed by atoms with E-state index >= 15 is 0 Å². The fourth-order valence-corrected chi connectivity index (χ4v) is 5.39. The maximum atomic E-state index is 12.7. The Morgan fingerprint density at radius 1 is 1.21 bits per heavy atom. The summed E-state index contributed by atoms with van der Waals surface area (Å²) in [5, 5.41) is 2.93. The first-order valence-electron chi connectivity index (χ1n) is 10.1. The van der Waals surface area contributed by atoms with Gasteiger partial charge in [0.05, 0.1) is 18.1 Å². The Bertz CT molecular complexity index is 877. The van der Waals surface area contributed by atoms with Crippen LogP contribution in [0.2, 0.25) is 0 Å². The van der Waals surface area contributed by atoms with E-state index in [4.69, 9.17) is 9.47 Å². The molecule has 9 nitrogen and oxygen atoms in total. The molecule has 1 saturated carbocycles. The number of ether oxygens (including phenoxy) is 2. The van der Waals surface area contributed by atoms with Gasteiger partial charge in [-0.2, -0.15) is 4.31 Å². The third-order valence-corrected chi connectivity index (χ3v) is 7.57. The number of pyridine rings is 1. The van der Waals surface area contributed by atoms with Crippen molar-refractivity contribution >= 4 is 15.9 Å². The van der Waals surface area contributed by atoms with Gasteiger partial charge in [0, 0.05) is 44.2 Å². The molecule has 2 heterocycles. The van der Waals surface area contributed by atoms with Crippen molar-refractivity contribution in [3.05, 3.63) is 28.7 Å². The molecule has 1 aliphatic carbocycles. The van der Waals surface area contributed by atoms with Gasteiger partial charge in [0.15, 0.2) is 5.79 Å². The van der Waals surface area contributed by atoms with E-state index in [9.17, 15) is 18.0 Å². The minimum Gasteiger partial charge on any atom is -0.352 e. The molecule has 1 amide bonds. The molecule has 0 unspecified atom stereocenters. The first-order valence-corrected chi connectivity index (χ1v) is 11.5. The fraction of sp³-hybridized carbons (Fsp3) is 0.684. The molecule has 1 spiro atoms. The predicted octanol–water partition coefficient (Wildman–Crippen LogP) is 0.681. The van der Waals surface area contributed by atoms with Crippen LogP contribution in [0.25, 0.3) is 0 Å². The van der Waals surface area contributed by atoms with Crippen LogP contribution in [0.3, 0.4) is 0 Å². The molecule has 1 saturated heterocycles. The van der Waals surface area contributed by atoms with E-state index in [-0.39, 0.29) is 23.4 Å². The zero-order valence-corrected chi connectivity index (χ0v) is 17.7. The van der Waals surface area contributed by atoms with E-state index in [1.807, 2.05) is 0 Å². The summed E-state index contributed by atoms with van der Waals surface area (Å²) in [5.74, 6) is -0.815. The Hall–Kier alpha value is -1.75. The van der Waals surface area contributed by atoms with Crippen molar-refractivity contribution in [2.24, 2.45) is 0 Å². The van der Waals surface area contributed by atoms with Gasteiger partial charge in [-0.05, 0) is 18.9 Å². The number of amides is 1. The highest BCUT2D eigenvalue weighted by Crippen LogP contribution is 2.35. The third-order valence-electron chi connectivity index (χ3n) is 5.54.